The van der Waals surface area contributed by atoms with Crippen LogP contribution in [0.5, 0.6) is 0 Å². The highest BCUT2D eigenvalue weighted by atomic mass is 32.2. The highest BCUT2D eigenvalue weighted by Crippen LogP contribution is 2.28. The van der Waals surface area contributed by atoms with E-state index in [1.54, 1.807) is 0 Å². The summed E-state index contributed by atoms with van der Waals surface area (Å²) < 4.78 is 5.44. The van der Waals surface area contributed by atoms with Gasteiger partial charge in [-0.15, -0.1) is 5.10 Å². The highest BCUT2D eigenvalue weighted by molar-refractivity contribution is 7.99. The molecule has 1 aromatic rings. The molecule has 0 aliphatic heterocycles. The van der Waals surface area contributed by atoms with E-state index >= 15 is 0 Å². The van der Waals surface area contributed by atoms with Gasteiger partial charge in [-0.3, -0.25) is 0 Å². The van der Waals surface area contributed by atoms with E-state index in [-0.39, 0.29) is 6.04 Å². The molecule has 0 amide bonds. The first-order valence-electron chi connectivity index (χ1n) is 6.07. The Morgan fingerprint density at radius 3 is 2.59 bits per heavy atom. The summed E-state index contributed by atoms with van der Waals surface area (Å²) in [6.07, 6.45) is 7.04. The Morgan fingerprint density at radius 2 is 2.06 bits per heavy atom. The molecule has 1 atom stereocenters. The van der Waals surface area contributed by atoms with Crippen LogP contribution < -0.4 is 11.1 Å². The average Bonchev–Trinajstić information content (AvgIpc) is 2.79. The molecule has 3 N–H and O–H groups in total. The Balaban J connectivity index is 1.84. The Bertz CT molecular complexity index is 347. The number of nitrogens with one attached hydrogen (secondary N) is 1. The summed E-state index contributed by atoms with van der Waals surface area (Å²) in [4.78, 5) is 0. The van der Waals surface area contributed by atoms with Crippen LogP contribution in [0.4, 0.5) is 6.01 Å². The minimum absolute atomic E-state index is 0.203. The first-order valence-corrected chi connectivity index (χ1v) is 7.36. The number of nitrogens with two attached hydrogens (primary N) is 1. The van der Waals surface area contributed by atoms with Crippen molar-refractivity contribution in [3.63, 3.8) is 0 Å². The van der Waals surface area contributed by atoms with Gasteiger partial charge in [0.15, 0.2) is 0 Å². The van der Waals surface area contributed by atoms with Crippen LogP contribution in [0.3, 0.4) is 0 Å². The van der Waals surface area contributed by atoms with Gasteiger partial charge in [0, 0.05) is 11.3 Å². The van der Waals surface area contributed by atoms with Crippen LogP contribution in [-0.2, 0) is 0 Å². The van der Waals surface area contributed by atoms with Crippen molar-refractivity contribution in [1.29, 1.82) is 0 Å². The van der Waals surface area contributed by atoms with E-state index in [4.69, 9.17) is 10.2 Å². The topological polar surface area (TPSA) is 77.0 Å². The molecular formula is C11H20N4OS. The van der Waals surface area contributed by atoms with Crippen molar-refractivity contribution in [3.05, 3.63) is 5.89 Å². The molecule has 6 heteroatoms. The zero-order valence-corrected chi connectivity index (χ0v) is 11.2. The number of thioether (sulfide) groups is 1. The van der Waals surface area contributed by atoms with Crippen molar-refractivity contribution in [1.82, 2.24) is 10.2 Å². The lowest BCUT2D eigenvalue weighted by Crippen LogP contribution is -2.27. The van der Waals surface area contributed by atoms with Gasteiger partial charge in [-0.25, -0.2) is 0 Å². The third kappa shape index (κ3) is 3.35. The summed E-state index contributed by atoms with van der Waals surface area (Å²) in [6, 6.07) is 0.759. The van der Waals surface area contributed by atoms with E-state index in [2.05, 4.69) is 21.8 Å². The Morgan fingerprint density at radius 1 is 1.35 bits per heavy atom. The standard InChI is InChI=1S/C11H20N4OS/c1-7(12)10-14-15-11(16-10)13-8-3-5-9(17-2)6-4-8/h7-9H,3-6,12H2,1-2H3,(H,13,15). The maximum atomic E-state index is 5.67. The van der Waals surface area contributed by atoms with E-state index in [0.717, 1.165) is 5.25 Å². The van der Waals surface area contributed by atoms with E-state index in [0.29, 0.717) is 17.9 Å². The maximum Gasteiger partial charge on any atom is 0.315 e. The summed E-state index contributed by atoms with van der Waals surface area (Å²) in [5, 5.41) is 12.0. The van der Waals surface area contributed by atoms with Crippen LogP contribution in [0.15, 0.2) is 4.42 Å². The molecule has 0 saturated heterocycles. The average molecular weight is 256 g/mol. The fraction of sp³-hybridized carbons (Fsp3) is 0.818. The fourth-order valence-corrected chi connectivity index (χ4v) is 2.84. The third-order valence-electron chi connectivity index (χ3n) is 3.17. The predicted molar refractivity (Wildman–Crippen MR) is 70.1 cm³/mol. The van der Waals surface area contributed by atoms with Gasteiger partial charge in [-0.1, -0.05) is 5.10 Å². The number of hydrogen-bond acceptors (Lipinski definition) is 6. The first-order chi connectivity index (χ1) is 8.19. The smallest absolute Gasteiger partial charge is 0.315 e. The van der Waals surface area contributed by atoms with Crippen molar-refractivity contribution in [2.75, 3.05) is 11.6 Å². The zero-order valence-electron chi connectivity index (χ0n) is 10.3. The number of aromatic nitrogens is 2. The van der Waals surface area contributed by atoms with E-state index in [1.807, 2.05) is 18.7 Å². The molecular weight excluding hydrogens is 236 g/mol. The lowest BCUT2D eigenvalue weighted by atomic mass is 9.95. The van der Waals surface area contributed by atoms with Gasteiger partial charge >= 0.3 is 6.01 Å². The van der Waals surface area contributed by atoms with Gasteiger partial charge < -0.3 is 15.5 Å². The van der Waals surface area contributed by atoms with Gasteiger partial charge in [-0.05, 0) is 38.9 Å². The van der Waals surface area contributed by atoms with Crippen molar-refractivity contribution in [2.24, 2.45) is 5.73 Å². The van der Waals surface area contributed by atoms with Crippen LogP contribution in [0.2, 0.25) is 0 Å². The molecule has 1 fully saturated rings. The molecule has 0 bridgehead atoms. The molecule has 96 valence electrons. The summed E-state index contributed by atoms with van der Waals surface area (Å²) in [6.45, 7) is 1.83. The van der Waals surface area contributed by atoms with Gasteiger partial charge in [0.2, 0.25) is 5.89 Å². The lowest BCUT2D eigenvalue weighted by Gasteiger charge is -2.27. The molecule has 17 heavy (non-hydrogen) atoms. The molecule has 1 unspecified atom stereocenters. The molecule has 1 saturated carbocycles. The molecule has 5 nitrogen and oxygen atoms in total. The predicted octanol–water partition coefficient (Wildman–Crippen LogP) is 2.18. The molecule has 1 aliphatic carbocycles. The fourth-order valence-electron chi connectivity index (χ4n) is 2.09. The normalized spacial score (nSPS) is 26.8. The van der Waals surface area contributed by atoms with Gasteiger partial charge in [-0.2, -0.15) is 11.8 Å². The summed E-state index contributed by atoms with van der Waals surface area (Å²) in [5.41, 5.74) is 5.67. The zero-order chi connectivity index (χ0) is 12.3. The third-order valence-corrected chi connectivity index (χ3v) is 4.30. The molecule has 1 aliphatic rings. The summed E-state index contributed by atoms with van der Waals surface area (Å²) >= 11 is 1.97. The van der Waals surface area contributed by atoms with Crippen molar-refractivity contribution in [2.45, 2.75) is 49.9 Å². The molecule has 0 radical (unpaired) electrons. The highest BCUT2D eigenvalue weighted by Gasteiger charge is 2.22. The van der Waals surface area contributed by atoms with Gasteiger partial charge in [0.1, 0.15) is 0 Å². The van der Waals surface area contributed by atoms with E-state index < -0.39 is 0 Å². The first kappa shape index (κ1) is 12.7. The minimum Gasteiger partial charge on any atom is -0.406 e. The van der Waals surface area contributed by atoms with E-state index in [1.165, 1.54) is 25.7 Å². The number of hydrogen-bond donors (Lipinski definition) is 2. The summed E-state index contributed by atoms with van der Waals surface area (Å²) in [5.74, 6) is 0.491. The molecule has 1 heterocycles. The minimum atomic E-state index is -0.203. The molecule has 2 rings (SSSR count). The quantitative estimate of drug-likeness (QED) is 0.859. The molecule has 0 aromatic carbocycles. The van der Waals surface area contributed by atoms with E-state index in [9.17, 15) is 0 Å². The lowest BCUT2D eigenvalue weighted by molar-refractivity contribution is 0.438. The second-order valence-electron chi connectivity index (χ2n) is 4.59. The Hall–Kier alpha value is -0.750. The van der Waals surface area contributed by atoms with Crippen LogP contribution >= 0.6 is 11.8 Å². The van der Waals surface area contributed by atoms with Crippen LogP contribution in [0, 0.1) is 0 Å². The SMILES string of the molecule is CSC1CCC(Nc2nnc(C(C)N)o2)CC1. The summed E-state index contributed by atoms with van der Waals surface area (Å²) in [7, 11) is 0. The van der Waals surface area contributed by atoms with Gasteiger partial charge in [0.05, 0.1) is 6.04 Å². The second kappa shape index (κ2) is 5.73. The van der Waals surface area contributed by atoms with Crippen LogP contribution in [-0.4, -0.2) is 27.7 Å². The van der Waals surface area contributed by atoms with Crippen LogP contribution in [0.25, 0.3) is 0 Å². The monoisotopic (exact) mass is 256 g/mol. The van der Waals surface area contributed by atoms with Crippen molar-refractivity contribution >= 4 is 17.8 Å². The molecule has 0 spiro atoms. The number of nitrogens with zero attached hydrogens (tertiary/aromatic N) is 2. The number of rotatable bonds is 4. The van der Waals surface area contributed by atoms with Crippen molar-refractivity contribution in [3.8, 4) is 0 Å². The maximum absolute atomic E-state index is 5.67. The largest absolute Gasteiger partial charge is 0.406 e. The number of anilines is 1. The Labute approximate surface area is 106 Å². The molecule has 1 aromatic heterocycles. The van der Waals surface area contributed by atoms with Crippen LogP contribution in [0.1, 0.15) is 44.5 Å². The van der Waals surface area contributed by atoms with Crippen molar-refractivity contribution < 1.29 is 4.42 Å². The second-order valence-corrected chi connectivity index (χ2v) is 5.73. The van der Waals surface area contributed by atoms with Gasteiger partial charge in [0.25, 0.3) is 0 Å². The Kier molecular flexibility index (Phi) is 4.28.